The van der Waals surface area contributed by atoms with Gasteiger partial charge in [-0.05, 0) is 26.7 Å². The molecule has 0 amide bonds. The third kappa shape index (κ3) is 1.90. The fraction of sp³-hybridized carbons (Fsp3) is 0.750. The van der Waals surface area contributed by atoms with Gasteiger partial charge in [0.2, 0.25) is 0 Å². The molecule has 0 aromatic carbocycles. The summed E-state index contributed by atoms with van der Waals surface area (Å²) in [5.41, 5.74) is 6.89. The van der Waals surface area contributed by atoms with Gasteiger partial charge < -0.3 is 10.5 Å². The van der Waals surface area contributed by atoms with Gasteiger partial charge in [-0.1, -0.05) is 12.8 Å². The SMILES string of the molecule is COC1(c2nc(C)c(C(C)N)s2)CCCC1. The van der Waals surface area contributed by atoms with Crippen molar-refractivity contribution in [1.29, 1.82) is 0 Å². The molecule has 1 atom stereocenters. The highest BCUT2D eigenvalue weighted by Crippen LogP contribution is 2.44. The van der Waals surface area contributed by atoms with Gasteiger partial charge in [0, 0.05) is 18.0 Å². The minimum atomic E-state index is -0.122. The maximum absolute atomic E-state index is 5.94. The Bertz CT molecular complexity index is 367. The number of aryl methyl sites for hydroxylation is 1. The molecule has 2 N–H and O–H groups in total. The average Bonchev–Trinajstić information content (AvgIpc) is 2.84. The third-order valence-electron chi connectivity index (χ3n) is 3.44. The molecule has 1 unspecified atom stereocenters. The minimum absolute atomic E-state index is 0.0709. The van der Waals surface area contributed by atoms with Crippen molar-refractivity contribution in [2.45, 2.75) is 51.2 Å². The van der Waals surface area contributed by atoms with E-state index >= 15 is 0 Å². The van der Waals surface area contributed by atoms with Crippen molar-refractivity contribution in [1.82, 2.24) is 4.98 Å². The summed E-state index contributed by atoms with van der Waals surface area (Å²) >= 11 is 1.73. The van der Waals surface area contributed by atoms with Crippen molar-refractivity contribution < 1.29 is 4.74 Å². The van der Waals surface area contributed by atoms with Crippen LogP contribution in [0.3, 0.4) is 0 Å². The Labute approximate surface area is 101 Å². The highest BCUT2D eigenvalue weighted by Gasteiger charge is 2.39. The normalized spacial score (nSPS) is 21.2. The van der Waals surface area contributed by atoms with Gasteiger partial charge in [-0.3, -0.25) is 0 Å². The summed E-state index contributed by atoms with van der Waals surface area (Å²) in [4.78, 5) is 5.86. The quantitative estimate of drug-likeness (QED) is 0.883. The van der Waals surface area contributed by atoms with Gasteiger partial charge in [-0.2, -0.15) is 0 Å². The zero-order chi connectivity index (χ0) is 11.8. The number of ether oxygens (including phenoxy) is 1. The van der Waals surface area contributed by atoms with E-state index in [9.17, 15) is 0 Å². The second kappa shape index (κ2) is 4.43. The molecule has 0 saturated heterocycles. The lowest BCUT2D eigenvalue weighted by molar-refractivity contribution is -0.00893. The van der Waals surface area contributed by atoms with Gasteiger partial charge in [0.1, 0.15) is 10.6 Å². The zero-order valence-corrected chi connectivity index (χ0v) is 11.1. The van der Waals surface area contributed by atoms with Gasteiger partial charge in [-0.25, -0.2) is 4.98 Å². The van der Waals surface area contributed by atoms with Crippen LogP contribution in [0.5, 0.6) is 0 Å². The summed E-state index contributed by atoms with van der Waals surface area (Å²) < 4.78 is 5.74. The maximum Gasteiger partial charge on any atom is 0.125 e. The van der Waals surface area contributed by atoms with Gasteiger partial charge in [0.25, 0.3) is 0 Å². The molecular formula is C12H20N2OS. The first-order valence-corrected chi connectivity index (χ1v) is 6.69. The smallest absolute Gasteiger partial charge is 0.125 e. The second-order valence-corrected chi connectivity index (χ2v) is 5.69. The molecule has 1 aliphatic carbocycles. The molecule has 2 rings (SSSR count). The van der Waals surface area contributed by atoms with E-state index in [0.717, 1.165) is 23.5 Å². The zero-order valence-electron chi connectivity index (χ0n) is 10.2. The molecule has 0 radical (unpaired) electrons. The first kappa shape index (κ1) is 12.0. The predicted molar refractivity (Wildman–Crippen MR) is 66.6 cm³/mol. The Balaban J connectivity index is 2.36. The van der Waals surface area contributed by atoms with Gasteiger partial charge >= 0.3 is 0 Å². The lowest BCUT2D eigenvalue weighted by Gasteiger charge is -2.24. The van der Waals surface area contributed by atoms with E-state index in [-0.39, 0.29) is 11.6 Å². The molecule has 16 heavy (non-hydrogen) atoms. The minimum Gasteiger partial charge on any atom is -0.371 e. The van der Waals surface area contributed by atoms with Crippen LogP contribution in [-0.4, -0.2) is 12.1 Å². The summed E-state index contributed by atoms with van der Waals surface area (Å²) in [6, 6.07) is 0.0709. The number of thiazole rings is 1. The molecule has 1 fully saturated rings. The Morgan fingerprint density at radius 1 is 1.44 bits per heavy atom. The molecule has 1 aliphatic rings. The predicted octanol–water partition coefficient (Wildman–Crippen LogP) is 2.89. The molecule has 4 heteroatoms. The molecule has 1 aromatic heterocycles. The van der Waals surface area contributed by atoms with Crippen LogP contribution >= 0.6 is 11.3 Å². The molecule has 0 spiro atoms. The number of aromatic nitrogens is 1. The fourth-order valence-electron chi connectivity index (χ4n) is 2.48. The molecule has 1 heterocycles. The van der Waals surface area contributed by atoms with Crippen molar-refractivity contribution in [3.05, 3.63) is 15.6 Å². The Morgan fingerprint density at radius 3 is 2.50 bits per heavy atom. The second-order valence-electron chi connectivity index (χ2n) is 4.66. The van der Waals surface area contributed by atoms with Gasteiger partial charge in [0.05, 0.1) is 5.69 Å². The number of methoxy groups -OCH3 is 1. The number of hydrogen-bond acceptors (Lipinski definition) is 4. The van der Waals surface area contributed by atoms with E-state index in [1.54, 1.807) is 18.4 Å². The van der Waals surface area contributed by atoms with Crippen LogP contribution in [0, 0.1) is 6.92 Å². The topological polar surface area (TPSA) is 48.1 Å². The highest BCUT2D eigenvalue weighted by atomic mass is 32.1. The Kier molecular flexibility index (Phi) is 3.33. The molecular weight excluding hydrogens is 220 g/mol. The van der Waals surface area contributed by atoms with Crippen molar-refractivity contribution in [2.24, 2.45) is 5.73 Å². The van der Waals surface area contributed by atoms with E-state index in [1.165, 1.54) is 17.7 Å². The van der Waals surface area contributed by atoms with Gasteiger partial charge in [-0.15, -0.1) is 11.3 Å². The molecule has 0 aliphatic heterocycles. The molecule has 1 saturated carbocycles. The molecule has 90 valence electrons. The van der Waals surface area contributed by atoms with E-state index in [4.69, 9.17) is 10.5 Å². The summed E-state index contributed by atoms with van der Waals surface area (Å²) in [5, 5.41) is 1.12. The van der Waals surface area contributed by atoms with Crippen LogP contribution in [0.2, 0.25) is 0 Å². The largest absolute Gasteiger partial charge is 0.371 e. The molecule has 3 nitrogen and oxygen atoms in total. The van der Waals surface area contributed by atoms with Crippen molar-refractivity contribution in [2.75, 3.05) is 7.11 Å². The Hall–Kier alpha value is -0.450. The van der Waals surface area contributed by atoms with Crippen LogP contribution in [-0.2, 0) is 10.3 Å². The van der Waals surface area contributed by atoms with E-state index < -0.39 is 0 Å². The van der Waals surface area contributed by atoms with E-state index in [1.807, 2.05) is 13.8 Å². The average molecular weight is 240 g/mol. The molecule has 1 aromatic rings. The van der Waals surface area contributed by atoms with Crippen LogP contribution in [0.25, 0.3) is 0 Å². The fourth-order valence-corrected chi connectivity index (χ4v) is 3.72. The summed E-state index contributed by atoms with van der Waals surface area (Å²) in [5.74, 6) is 0. The monoisotopic (exact) mass is 240 g/mol. The number of hydrogen-bond donors (Lipinski definition) is 1. The van der Waals surface area contributed by atoms with Gasteiger partial charge in [0.15, 0.2) is 0 Å². The first-order valence-electron chi connectivity index (χ1n) is 5.87. The lowest BCUT2D eigenvalue weighted by Crippen LogP contribution is -2.24. The van der Waals surface area contributed by atoms with Crippen LogP contribution in [0.1, 0.15) is 54.2 Å². The van der Waals surface area contributed by atoms with E-state index in [0.29, 0.717) is 0 Å². The maximum atomic E-state index is 5.94. The lowest BCUT2D eigenvalue weighted by atomic mass is 10.0. The summed E-state index contributed by atoms with van der Waals surface area (Å²) in [6.45, 7) is 4.05. The van der Waals surface area contributed by atoms with E-state index in [2.05, 4.69) is 4.98 Å². The highest BCUT2D eigenvalue weighted by molar-refractivity contribution is 7.12. The van der Waals surface area contributed by atoms with Crippen LogP contribution in [0.15, 0.2) is 0 Å². The third-order valence-corrected chi connectivity index (χ3v) is 4.98. The number of nitrogens with two attached hydrogens (primary N) is 1. The van der Waals surface area contributed by atoms with Crippen LogP contribution < -0.4 is 5.73 Å². The number of nitrogens with zero attached hydrogens (tertiary/aromatic N) is 1. The van der Waals surface area contributed by atoms with Crippen LogP contribution in [0.4, 0.5) is 0 Å². The first-order chi connectivity index (χ1) is 7.59. The summed E-state index contributed by atoms with van der Waals surface area (Å²) in [7, 11) is 1.80. The number of rotatable bonds is 3. The Morgan fingerprint density at radius 2 is 2.06 bits per heavy atom. The summed E-state index contributed by atoms with van der Waals surface area (Å²) in [6.07, 6.45) is 4.66. The van der Waals surface area contributed by atoms with Crippen molar-refractivity contribution in [3.63, 3.8) is 0 Å². The standard InChI is InChI=1S/C12H20N2OS/c1-8(13)10-9(2)14-11(16-10)12(15-3)6-4-5-7-12/h8H,4-7,13H2,1-3H3. The molecule has 0 bridgehead atoms. The van der Waals surface area contributed by atoms with Crippen molar-refractivity contribution in [3.8, 4) is 0 Å². The van der Waals surface area contributed by atoms with Crippen molar-refractivity contribution >= 4 is 11.3 Å².